The molecule has 0 unspecified atom stereocenters. The fourth-order valence-electron chi connectivity index (χ4n) is 8.64. The SMILES string of the molecule is c1ccc(-n2c3ccccc3c3ccc(N(c4ccc(C(c5ccccc5)(c5ccccc5)c5ccccc5)cc4)c4ccc5ccccc5c4)cc32)cc1. The van der Waals surface area contributed by atoms with Crippen LogP contribution in [0.4, 0.5) is 17.1 Å². The smallest absolute Gasteiger partial charge is 0.0701 e. The number of aromatic nitrogens is 1. The Morgan fingerprint density at radius 2 is 0.764 bits per heavy atom. The number of hydrogen-bond acceptors (Lipinski definition) is 1. The molecule has 1 heterocycles. The topological polar surface area (TPSA) is 8.17 Å². The first kappa shape index (κ1) is 32.5. The molecule has 0 aliphatic rings. The highest BCUT2D eigenvalue weighted by Crippen LogP contribution is 2.47. The lowest BCUT2D eigenvalue weighted by molar-refractivity contribution is 0.745. The Hall–Kier alpha value is -7.16. The maximum Gasteiger partial charge on any atom is 0.0701 e. The molecule has 0 amide bonds. The van der Waals surface area contributed by atoms with E-state index in [1.807, 2.05) is 0 Å². The van der Waals surface area contributed by atoms with Crippen LogP contribution in [-0.2, 0) is 5.41 Å². The largest absolute Gasteiger partial charge is 0.310 e. The van der Waals surface area contributed by atoms with Gasteiger partial charge in [0, 0.05) is 33.5 Å². The van der Waals surface area contributed by atoms with Crippen LogP contribution < -0.4 is 4.90 Å². The zero-order valence-electron chi connectivity index (χ0n) is 30.3. The lowest BCUT2D eigenvalue weighted by atomic mass is 9.65. The Bertz CT molecular complexity index is 2800. The average molecular weight is 703 g/mol. The molecule has 2 heteroatoms. The van der Waals surface area contributed by atoms with E-state index < -0.39 is 5.41 Å². The van der Waals surface area contributed by atoms with Gasteiger partial charge in [0.15, 0.2) is 0 Å². The van der Waals surface area contributed by atoms with E-state index in [9.17, 15) is 0 Å². The van der Waals surface area contributed by atoms with Crippen molar-refractivity contribution < 1.29 is 0 Å². The maximum atomic E-state index is 2.40. The molecule has 2 nitrogen and oxygen atoms in total. The fraction of sp³-hybridized carbons (Fsp3) is 0.0189. The Kier molecular flexibility index (Phi) is 8.08. The first-order chi connectivity index (χ1) is 27.3. The zero-order valence-corrected chi connectivity index (χ0v) is 30.3. The van der Waals surface area contributed by atoms with Gasteiger partial charge in [0.2, 0.25) is 0 Å². The molecule has 0 radical (unpaired) electrons. The predicted octanol–water partition coefficient (Wildman–Crippen LogP) is 13.8. The van der Waals surface area contributed by atoms with Crippen molar-refractivity contribution in [2.45, 2.75) is 5.41 Å². The number of rotatable bonds is 8. The number of para-hydroxylation sites is 2. The molecule has 0 saturated heterocycles. The summed E-state index contributed by atoms with van der Waals surface area (Å²) in [6, 6.07) is 83.7. The van der Waals surface area contributed by atoms with E-state index in [1.165, 1.54) is 54.8 Å². The standard InChI is InChI=1S/C53H38N2/c1-5-19-41(20-6-1)53(42-21-7-2-8-22-42,43-23-9-3-10-24-43)44-30-33-46(34-31-44)54(47-32-29-39-17-13-14-18-40(39)37-47)48-35-36-50-49-27-15-16-28-51(49)55(52(50)38-48)45-25-11-4-12-26-45/h1-38H. The quantitative estimate of drug-likeness (QED) is 0.143. The Balaban J connectivity index is 1.20. The van der Waals surface area contributed by atoms with E-state index in [2.05, 4.69) is 240 Å². The molecule has 10 rings (SSSR count). The van der Waals surface area contributed by atoms with E-state index in [4.69, 9.17) is 0 Å². The summed E-state index contributed by atoms with van der Waals surface area (Å²) in [5.41, 5.74) is 11.2. The van der Waals surface area contributed by atoms with Crippen molar-refractivity contribution in [3.63, 3.8) is 0 Å². The second-order valence-corrected chi connectivity index (χ2v) is 14.2. The molecule has 0 N–H and O–H groups in total. The lowest BCUT2D eigenvalue weighted by Crippen LogP contribution is -2.31. The van der Waals surface area contributed by atoms with Crippen LogP contribution in [0.25, 0.3) is 38.3 Å². The molecule has 9 aromatic carbocycles. The summed E-state index contributed by atoms with van der Waals surface area (Å²) in [7, 11) is 0. The number of hydrogen-bond donors (Lipinski definition) is 0. The van der Waals surface area contributed by atoms with E-state index in [0.717, 1.165) is 22.7 Å². The Morgan fingerprint density at radius 1 is 0.309 bits per heavy atom. The van der Waals surface area contributed by atoms with Gasteiger partial charge in [-0.15, -0.1) is 0 Å². The van der Waals surface area contributed by atoms with Crippen LogP contribution in [0.1, 0.15) is 22.3 Å². The summed E-state index contributed by atoms with van der Waals surface area (Å²) in [6.07, 6.45) is 0. The van der Waals surface area contributed by atoms with Gasteiger partial charge < -0.3 is 9.47 Å². The summed E-state index contributed by atoms with van der Waals surface area (Å²) in [5, 5.41) is 4.90. The van der Waals surface area contributed by atoms with Gasteiger partial charge in [-0.2, -0.15) is 0 Å². The van der Waals surface area contributed by atoms with Crippen LogP contribution in [-0.4, -0.2) is 4.57 Å². The summed E-state index contributed by atoms with van der Waals surface area (Å²) < 4.78 is 2.39. The number of anilines is 3. The third-order valence-corrected chi connectivity index (χ3v) is 11.1. The van der Waals surface area contributed by atoms with Gasteiger partial charge in [-0.05, 0) is 87.6 Å². The van der Waals surface area contributed by atoms with Crippen molar-refractivity contribution in [1.29, 1.82) is 0 Å². The molecule has 0 aliphatic carbocycles. The second kappa shape index (κ2) is 13.7. The minimum atomic E-state index is -0.522. The molecule has 0 bridgehead atoms. The van der Waals surface area contributed by atoms with Crippen LogP contribution in [0.15, 0.2) is 231 Å². The van der Waals surface area contributed by atoms with Gasteiger partial charge in [-0.25, -0.2) is 0 Å². The first-order valence-corrected chi connectivity index (χ1v) is 18.9. The predicted molar refractivity (Wildman–Crippen MR) is 231 cm³/mol. The van der Waals surface area contributed by atoms with E-state index in [1.54, 1.807) is 0 Å². The van der Waals surface area contributed by atoms with Crippen molar-refractivity contribution in [3.8, 4) is 5.69 Å². The molecular weight excluding hydrogens is 665 g/mol. The van der Waals surface area contributed by atoms with Crippen LogP contribution >= 0.6 is 0 Å². The first-order valence-electron chi connectivity index (χ1n) is 18.9. The van der Waals surface area contributed by atoms with Crippen molar-refractivity contribution in [1.82, 2.24) is 4.57 Å². The maximum absolute atomic E-state index is 2.40. The molecule has 10 aromatic rings. The third kappa shape index (κ3) is 5.50. The van der Waals surface area contributed by atoms with Crippen molar-refractivity contribution >= 4 is 49.6 Å². The number of nitrogens with zero attached hydrogens (tertiary/aromatic N) is 2. The Morgan fingerprint density at radius 3 is 1.40 bits per heavy atom. The second-order valence-electron chi connectivity index (χ2n) is 14.2. The summed E-state index contributed by atoms with van der Waals surface area (Å²) in [4.78, 5) is 2.40. The van der Waals surface area contributed by atoms with Gasteiger partial charge in [0.25, 0.3) is 0 Å². The molecule has 1 aromatic heterocycles. The fourth-order valence-corrected chi connectivity index (χ4v) is 8.64. The minimum absolute atomic E-state index is 0.522. The third-order valence-electron chi connectivity index (χ3n) is 11.1. The van der Waals surface area contributed by atoms with Crippen molar-refractivity contribution in [2.75, 3.05) is 4.90 Å². The summed E-state index contributed by atoms with van der Waals surface area (Å²) in [6.45, 7) is 0. The monoisotopic (exact) mass is 702 g/mol. The van der Waals surface area contributed by atoms with E-state index in [-0.39, 0.29) is 0 Å². The lowest BCUT2D eigenvalue weighted by Gasteiger charge is -2.37. The van der Waals surface area contributed by atoms with Crippen LogP contribution in [0.5, 0.6) is 0 Å². The normalized spacial score (nSPS) is 11.6. The van der Waals surface area contributed by atoms with Gasteiger partial charge in [-0.3, -0.25) is 0 Å². The van der Waals surface area contributed by atoms with E-state index in [0.29, 0.717) is 0 Å². The minimum Gasteiger partial charge on any atom is -0.310 e. The molecule has 0 fully saturated rings. The van der Waals surface area contributed by atoms with Crippen LogP contribution in [0.3, 0.4) is 0 Å². The molecule has 55 heavy (non-hydrogen) atoms. The molecule has 260 valence electrons. The van der Waals surface area contributed by atoms with Crippen molar-refractivity contribution in [3.05, 3.63) is 253 Å². The molecule has 0 spiro atoms. The molecular formula is C53H38N2. The zero-order chi connectivity index (χ0) is 36.6. The highest BCUT2D eigenvalue weighted by Gasteiger charge is 2.38. The molecule has 0 atom stereocenters. The van der Waals surface area contributed by atoms with Crippen molar-refractivity contribution in [2.24, 2.45) is 0 Å². The van der Waals surface area contributed by atoms with Gasteiger partial charge in [0.05, 0.1) is 16.4 Å². The number of fused-ring (bicyclic) bond motifs is 4. The average Bonchev–Trinajstić information content (AvgIpc) is 3.60. The molecule has 0 aliphatic heterocycles. The van der Waals surface area contributed by atoms with Crippen LogP contribution in [0, 0.1) is 0 Å². The molecule has 0 saturated carbocycles. The highest BCUT2D eigenvalue weighted by molar-refractivity contribution is 6.10. The van der Waals surface area contributed by atoms with Gasteiger partial charge >= 0.3 is 0 Å². The van der Waals surface area contributed by atoms with E-state index >= 15 is 0 Å². The Labute approximate surface area is 321 Å². The van der Waals surface area contributed by atoms with Gasteiger partial charge in [-0.1, -0.05) is 176 Å². The summed E-state index contributed by atoms with van der Waals surface area (Å²) in [5.74, 6) is 0. The highest BCUT2D eigenvalue weighted by atomic mass is 15.1. The van der Waals surface area contributed by atoms with Gasteiger partial charge in [0.1, 0.15) is 0 Å². The summed E-state index contributed by atoms with van der Waals surface area (Å²) >= 11 is 0. The number of benzene rings is 9. The van der Waals surface area contributed by atoms with Crippen LogP contribution in [0.2, 0.25) is 0 Å².